The predicted molar refractivity (Wildman–Crippen MR) is 53.6 cm³/mol. The van der Waals surface area contributed by atoms with E-state index in [1.54, 1.807) is 0 Å². The van der Waals surface area contributed by atoms with Crippen LogP contribution in [0, 0.1) is 0 Å². The van der Waals surface area contributed by atoms with Crippen LogP contribution in [-0.4, -0.2) is 24.7 Å². The molecule has 0 rings (SSSR count). The van der Waals surface area contributed by atoms with Crippen LogP contribution in [0.4, 0.5) is 0 Å². The van der Waals surface area contributed by atoms with Gasteiger partial charge >= 0.3 is 5.97 Å². The lowest BCUT2D eigenvalue weighted by atomic mass is 10.2. The molecule has 1 N–H and O–H groups in total. The molecule has 0 bridgehead atoms. The molecule has 0 radical (unpaired) electrons. The minimum absolute atomic E-state index is 0.0176. The summed E-state index contributed by atoms with van der Waals surface area (Å²) in [6, 6.07) is 0.430. The second kappa shape index (κ2) is 6.89. The summed E-state index contributed by atoms with van der Waals surface area (Å²) in [6.07, 6.45) is 2.08. The van der Waals surface area contributed by atoms with Gasteiger partial charge in [0.1, 0.15) is 0 Å². The van der Waals surface area contributed by atoms with Crippen LogP contribution in [0.5, 0.6) is 0 Å². The van der Waals surface area contributed by atoms with Crippen molar-refractivity contribution in [1.29, 1.82) is 0 Å². The van der Waals surface area contributed by atoms with Gasteiger partial charge in [-0.05, 0) is 26.7 Å². The van der Waals surface area contributed by atoms with Gasteiger partial charge in [0.15, 0.2) is 0 Å². The summed E-state index contributed by atoms with van der Waals surface area (Å²) in [4.78, 5) is 11.1. The maximum Gasteiger partial charge on any atom is 0.320 e. The van der Waals surface area contributed by atoms with E-state index in [2.05, 4.69) is 19.2 Å². The molecule has 0 fully saturated rings. The van der Waals surface area contributed by atoms with Crippen molar-refractivity contribution in [2.24, 2.45) is 0 Å². The van der Waals surface area contributed by atoms with E-state index in [4.69, 9.17) is 4.74 Å². The van der Waals surface area contributed by atoms with E-state index in [9.17, 15) is 4.79 Å². The summed E-state index contributed by atoms with van der Waals surface area (Å²) in [5, 5.41) is 3.15. The van der Waals surface area contributed by atoms with E-state index >= 15 is 0 Å². The third kappa shape index (κ3) is 6.58. The fraction of sp³-hybridized carbons (Fsp3) is 0.900. The molecule has 0 aliphatic carbocycles. The van der Waals surface area contributed by atoms with E-state index in [1.165, 1.54) is 0 Å². The van der Waals surface area contributed by atoms with Crippen molar-refractivity contribution in [1.82, 2.24) is 5.32 Å². The highest BCUT2D eigenvalue weighted by Gasteiger charge is 2.08. The highest BCUT2D eigenvalue weighted by molar-refractivity contribution is 5.71. The fourth-order valence-corrected chi connectivity index (χ4v) is 1.11. The first-order valence-corrected chi connectivity index (χ1v) is 5.03. The molecule has 0 saturated carbocycles. The molecule has 0 atom stereocenters. The number of ether oxygens (including phenoxy) is 1. The summed E-state index contributed by atoms with van der Waals surface area (Å²) in [6.45, 7) is 8.25. The first kappa shape index (κ1) is 12.4. The van der Waals surface area contributed by atoms with Crippen LogP contribution in [0.2, 0.25) is 0 Å². The van der Waals surface area contributed by atoms with Crippen LogP contribution >= 0.6 is 0 Å². The zero-order chi connectivity index (χ0) is 10.3. The Labute approximate surface area is 80.8 Å². The molecule has 0 aromatic heterocycles. The number of rotatable bonds is 6. The largest absolute Gasteiger partial charge is 0.462 e. The summed E-state index contributed by atoms with van der Waals surface area (Å²) in [5.41, 5.74) is 0. The van der Waals surface area contributed by atoms with E-state index in [0.717, 1.165) is 12.8 Å². The minimum Gasteiger partial charge on any atom is -0.462 e. The van der Waals surface area contributed by atoms with Gasteiger partial charge in [-0.1, -0.05) is 13.8 Å². The molecule has 78 valence electrons. The third-order valence-corrected chi connectivity index (χ3v) is 1.89. The molecule has 0 spiro atoms. The normalized spacial score (nSPS) is 10.9. The highest BCUT2D eigenvalue weighted by atomic mass is 16.5. The quantitative estimate of drug-likeness (QED) is 0.643. The van der Waals surface area contributed by atoms with Crippen molar-refractivity contribution in [2.45, 2.75) is 52.7 Å². The van der Waals surface area contributed by atoms with Gasteiger partial charge in [-0.15, -0.1) is 0 Å². The van der Waals surface area contributed by atoms with Crippen molar-refractivity contribution in [3.8, 4) is 0 Å². The molecule has 0 aliphatic rings. The lowest BCUT2D eigenvalue weighted by Crippen LogP contribution is -2.34. The molecule has 0 aliphatic heterocycles. The molecule has 0 aromatic carbocycles. The number of carbonyl (C=O) groups is 1. The zero-order valence-corrected chi connectivity index (χ0v) is 9.09. The summed E-state index contributed by atoms with van der Waals surface area (Å²) >= 11 is 0. The number of nitrogens with one attached hydrogen (secondary N) is 1. The minimum atomic E-state index is -0.165. The van der Waals surface area contributed by atoms with Crippen LogP contribution < -0.4 is 5.32 Å². The van der Waals surface area contributed by atoms with Crippen LogP contribution in [-0.2, 0) is 9.53 Å². The maximum absolute atomic E-state index is 11.1. The van der Waals surface area contributed by atoms with Crippen LogP contribution in [0.3, 0.4) is 0 Å². The van der Waals surface area contributed by atoms with Crippen LogP contribution in [0.15, 0.2) is 0 Å². The molecule has 0 saturated heterocycles. The van der Waals surface area contributed by atoms with Gasteiger partial charge in [0.25, 0.3) is 0 Å². The van der Waals surface area contributed by atoms with Gasteiger partial charge in [-0.3, -0.25) is 4.79 Å². The van der Waals surface area contributed by atoms with Gasteiger partial charge < -0.3 is 10.1 Å². The second-order valence-corrected chi connectivity index (χ2v) is 3.43. The van der Waals surface area contributed by atoms with Gasteiger partial charge in [-0.25, -0.2) is 0 Å². The topological polar surface area (TPSA) is 38.3 Å². The van der Waals surface area contributed by atoms with Gasteiger partial charge in [0.2, 0.25) is 0 Å². The van der Waals surface area contributed by atoms with Crippen molar-refractivity contribution in [3.63, 3.8) is 0 Å². The molecule has 0 aromatic rings. The second-order valence-electron chi connectivity index (χ2n) is 3.43. The Morgan fingerprint density at radius 1 is 1.31 bits per heavy atom. The average Bonchev–Trinajstić information content (AvgIpc) is 2.05. The maximum atomic E-state index is 11.1. The lowest BCUT2D eigenvalue weighted by molar-refractivity contribution is -0.146. The first-order chi connectivity index (χ1) is 6.10. The van der Waals surface area contributed by atoms with E-state index in [1.807, 2.05) is 13.8 Å². The highest BCUT2D eigenvalue weighted by Crippen LogP contribution is 1.95. The average molecular weight is 187 g/mol. The molecule has 13 heavy (non-hydrogen) atoms. The molecular weight excluding hydrogens is 166 g/mol. The Balaban J connectivity index is 3.56. The van der Waals surface area contributed by atoms with Gasteiger partial charge in [0.05, 0.1) is 12.6 Å². The molecular formula is C10H21NO2. The Bertz CT molecular complexity index is 142. The predicted octanol–water partition coefficient (Wildman–Crippen LogP) is 1.72. The standard InChI is InChI=1S/C10H21NO2/c1-5-9(6-2)11-7-10(12)13-8(3)4/h8-9,11H,5-7H2,1-4H3. The Kier molecular flexibility index (Phi) is 6.59. The summed E-state index contributed by atoms with van der Waals surface area (Å²) in [5.74, 6) is -0.165. The number of carbonyl (C=O) groups excluding carboxylic acids is 1. The monoisotopic (exact) mass is 187 g/mol. The first-order valence-electron chi connectivity index (χ1n) is 5.03. The van der Waals surface area contributed by atoms with Crippen molar-refractivity contribution in [3.05, 3.63) is 0 Å². The molecule has 0 unspecified atom stereocenters. The Morgan fingerprint density at radius 2 is 1.85 bits per heavy atom. The molecule has 0 heterocycles. The molecule has 3 heteroatoms. The fourth-order valence-electron chi connectivity index (χ4n) is 1.11. The Hall–Kier alpha value is -0.570. The van der Waals surface area contributed by atoms with Crippen molar-refractivity contribution >= 4 is 5.97 Å². The van der Waals surface area contributed by atoms with Gasteiger partial charge in [0, 0.05) is 6.04 Å². The number of hydrogen-bond donors (Lipinski definition) is 1. The zero-order valence-electron chi connectivity index (χ0n) is 9.09. The van der Waals surface area contributed by atoms with Crippen molar-refractivity contribution < 1.29 is 9.53 Å². The number of esters is 1. The van der Waals surface area contributed by atoms with E-state index < -0.39 is 0 Å². The van der Waals surface area contributed by atoms with E-state index in [0.29, 0.717) is 12.6 Å². The molecule has 3 nitrogen and oxygen atoms in total. The Morgan fingerprint density at radius 3 is 2.23 bits per heavy atom. The lowest BCUT2D eigenvalue weighted by Gasteiger charge is -2.14. The summed E-state index contributed by atoms with van der Waals surface area (Å²) in [7, 11) is 0. The number of hydrogen-bond acceptors (Lipinski definition) is 3. The van der Waals surface area contributed by atoms with Gasteiger partial charge in [-0.2, -0.15) is 0 Å². The van der Waals surface area contributed by atoms with E-state index in [-0.39, 0.29) is 12.1 Å². The van der Waals surface area contributed by atoms with Crippen LogP contribution in [0.25, 0.3) is 0 Å². The van der Waals surface area contributed by atoms with Crippen LogP contribution in [0.1, 0.15) is 40.5 Å². The molecule has 0 amide bonds. The SMILES string of the molecule is CCC(CC)NCC(=O)OC(C)C. The van der Waals surface area contributed by atoms with Crippen molar-refractivity contribution in [2.75, 3.05) is 6.54 Å². The third-order valence-electron chi connectivity index (χ3n) is 1.89. The smallest absolute Gasteiger partial charge is 0.320 e. The summed E-state index contributed by atoms with van der Waals surface area (Å²) < 4.78 is 4.99.